The van der Waals surface area contributed by atoms with Gasteiger partial charge in [-0.25, -0.2) is 0 Å². The first kappa shape index (κ1) is 62.1. The molecule has 0 saturated carbocycles. The summed E-state index contributed by atoms with van der Waals surface area (Å²) in [5.74, 6) is -0.891. The molecule has 0 spiro atoms. The van der Waals surface area contributed by atoms with Gasteiger partial charge in [-0.05, 0) is 64.2 Å². The number of carbonyl (C=O) groups excluding carboxylic acids is 3. The zero-order valence-electron chi connectivity index (χ0n) is 43.0. The maximum absolute atomic E-state index is 12.8. The van der Waals surface area contributed by atoms with Crippen molar-refractivity contribution in [3.05, 3.63) is 60.8 Å². The lowest BCUT2D eigenvalue weighted by molar-refractivity contribution is -0.167. The molecular weight excluding hydrogens is 805 g/mol. The van der Waals surface area contributed by atoms with Gasteiger partial charge in [-0.3, -0.25) is 14.4 Å². The number of hydrogen-bond donors (Lipinski definition) is 0. The van der Waals surface area contributed by atoms with Crippen LogP contribution < -0.4 is 0 Å². The predicted octanol–water partition coefficient (Wildman–Crippen LogP) is 18.4. The van der Waals surface area contributed by atoms with E-state index in [4.69, 9.17) is 14.2 Å². The first-order valence-electron chi connectivity index (χ1n) is 27.8. The number of rotatable bonds is 50. The molecule has 1 unspecified atom stereocenters. The Labute approximate surface area is 402 Å². The van der Waals surface area contributed by atoms with Crippen LogP contribution in [0.15, 0.2) is 60.8 Å². The fraction of sp³-hybridized carbons (Fsp3) is 0.780. The van der Waals surface area contributed by atoms with Crippen molar-refractivity contribution in [2.75, 3.05) is 13.2 Å². The first-order valence-corrected chi connectivity index (χ1v) is 27.8. The minimum Gasteiger partial charge on any atom is -0.462 e. The molecule has 0 rings (SSSR count). The smallest absolute Gasteiger partial charge is 0.306 e. The molecule has 0 aromatic carbocycles. The van der Waals surface area contributed by atoms with Crippen molar-refractivity contribution in [3.8, 4) is 0 Å². The van der Waals surface area contributed by atoms with E-state index in [0.717, 1.165) is 103 Å². The standard InChI is InChI=1S/C59H104O6/c1-4-7-10-13-15-17-19-21-23-25-27-28-29-30-32-33-35-37-39-41-43-46-49-52-58(61)64-55-56(54-63-57(60)51-48-45-12-9-6-3)65-59(62)53-50-47-44-42-40-38-36-34-31-26-24-22-20-18-16-14-11-8-5-2/h7,10,15,17,21,23,27-28,30,32,56H,4-6,8-9,11-14,16,18-20,22,24-26,29,31,33-55H2,1-3H3/b10-7-,17-15-,23-21-,28-27-,32-30-. The van der Waals surface area contributed by atoms with E-state index in [9.17, 15) is 14.4 Å². The lowest BCUT2D eigenvalue weighted by Crippen LogP contribution is -2.30. The molecule has 6 nitrogen and oxygen atoms in total. The van der Waals surface area contributed by atoms with Crippen LogP contribution in [0.5, 0.6) is 0 Å². The number of esters is 3. The number of hydrogen-bond acceptors (Lipinski definition) is 6. The summed E-state index contributed by atoms with van der Waals surface area (Å²) in [6, 6.07) is 0. The van der Waals surface area contributed by atoms with Gasteiger partial charge in [0.1, 0.15) is 13.2 Å². The van der Waals surface area contributed by atoms with E-state index >= 15 is 0 Å². The third-order valence-corrected chi connectivity index (χ3v) is 12.0. The van der Waals surface area contributed by atoms with E-state index < -0.39 is 6.10 Å². The fourth-order valence-electron chi connectivity index (χ4n) is 7.88. The summed E-state index contributed by atoms with van der Waals surface area (Å²) >= 11 is 0. The Bertz CT molecular complexity index is 1180. The molecular formula is C59H104O6. The lowest BCUT2D eigenvalue weighted by atomic mass is 10.0. The van der Waals surface area contributed by atoms with Crippen LogP contribution in [0.25, 0.3) is 0 Å². The highest BCUT2D eigenvalue weighted by atomic mass is 16.6. The van der Waals surface area contributed by atoms with Crippen LogP contribution in [0.4, 0.5) is 0 Å². The number of unbranched alkanes of at least 4 members (excludes halogenated alkanes) is 29. The zero-order valence-corrected chi connectivity index (χ0v) is 43.0. The van der Waals surface area contributed by atoms with Crippen molar-refractivity contribution in [1.29, 1.82) is 0 Å². The molecule has 1 atom stereocenters. The van der Waals surface area contributed by atoms with Crippen LogP contribution in [0, 0.1) is 0 Å². The number of ether oxygens (including phenoxy) is 3. The highest BCUT2D eigenvalue weighted by Crippen LogP contribution is 2.16. The Morgan fingerprint density at radius 2 is 0.600 bits per heavy atom. The Balaban J connectivity index is 4.12. The van der Waals surface area contributed by atoms with Gasteiger partial charge >= 0.3 is 17.9 Å². The molecule has 0 fully saturated rings. The monoisotopic (exact) mass is 909 g/mol. The van der Waals surface area contributed by atoms with Crippen molar-refractivity contribution in [2.24, 2.45) is 0 Å². The van der Waals surface area contributed by atoms with Crippen LogP contribution in [-0.2, 0) is 28.6 Å². The summed E-state index contributed by atoms with van der Waals surface area (Å²) in [6.45, 7) is 6.46. The summed E-state index contributed by atoms with van der Waals surface area (Å²) < 4.78 is 16.7. The third-order valence-electron chi connectivity index (χ3n) is 12.0. The predicted molar refractivity (Wildman–Crippen MR) is 279 cm³/mol. The molecule has 0 aliphatic heterocycles. The number of carbonyl (C=O) groups is 3. The van der Waals surface area contributed by atoms with Crippen LogP contribution in [-0.4, -0.2) is 37.2 Å². The van der Waals surface area contributed by atoms with Crippen LogP contribution in [0.3, 0.4) is 0 Å². The van der Waals surface area contributed by atoms with E-state index in [2.05, 4.69) is 81.5 Å². The molecule has 65 heavy (non-hydrogen) atoms. The highest BCUT2D eigenvalue weighted by Gasteiger charge is 2.19. The Hall–Kier alpha value is -2.89. The zero-order chi connectivity index (χ0) is 47.2. The van der Waals surface area contributed by atoms with E-state index in [1.165, 1.54) is 135 Å². The van der Waals surface area contributed by atoms with Crippen molar-refractivity contribution >= 4 is 17.9 Å². The van der Waals surface area contributed by atoms with Gasteiger partial charge in [0.25, 0.3) is 0 Å². The first-order chi connectivity index (χ1) is 32.0. The van der Waals surface area contributed by atoms with Crippen molar-refractivity contribution in [1.82, 2.24) is 0 Å². The topological polar surface area (TPSA) is 78.9 Å². The van der Waals surface area contributed by atoms with Gasteiger partial charge in [0.05, 0.1) is 0 Å². The average molecular weight is 909 g/mol. The van der Waals surface area contributed by atoms with Gasteiger partial charge in [-0.1, -0.05) is 255 Å². The van der Waals surface area contributed by atoms with E-state index in [0.29, 0.717) is 19.3 Å². The van der Waals surface area contributed by atoms with Gasteiger partial charge < -0.3 is 14.2 Å². The molecule has 0 aliphatic carbocycles. The molecule has 0 saturated heterocycles. The van der Waals surface area contributed by atoms with E-state index in [-0.39, 0.29) is 31.1 Å². The minimum atomic E-state index is -0.773. The average Bonchev–Trinajstić information content (AvgIpc) is 3.30. The Kier molecular flexibility index (Phi) is 51.3. The highest BCUT2D eigenvalue weighted by molar-refractivity contribution is 5.71. The van der Waals surface area contributed by atoms with Crippen LogP contribution in [0.1, 0.15) is 278 Å². The van der Waals surface area contributed by atoms with Crippen molar-refractivity contribution < 1.29 is 28.6 Å². The number of allylic oxidation sites excluding steroid dienone is 10. The van der Waals surface area contributed by atoms with Crippen molar-refractivity contribution in [3.63, 3.8) is 0 Å². The summed E-state index contributed by atoms with van der Waals surface area (Å²) in [7, 11) is 0. The molecule has 0 bridgehead atoms. The summed E-state index contributed by atoms with van der Waals surface area (Å²) in [5, 5.41) is 0. The summed E-state index contributed by atoms with van der Waals surface area (Å²) in [6.07, 6.45) is 66.8. The van der Waals surface area contributed by atoms with E-state index in [1.807, 2.05) is 0 Å². The third kappa shape index (κ3) is 51.9. The van der Waals surface area contributed by atoms with Crippen LogP contribution >= 0.6 is 0 Å². The quantitative estimate of drug-likeness (QED) is 0.0262. The molecule has 376 valence electrons. The molecule has 0 aliphatic rings. The molecule has 0 heterocycles. The van der Waals surface area contributed by atoms with Crippen LogP contribution in [0.2, 0.25) is 0 Å². The maximum Gasteiger partial charge on any atom is 0.306 e. The largest absolute Gasteiger partial charge is 0.462 e. The van der Waals surface area contributed by atoms with Crippen molar-refractivity contribution in [2.45, 2.75) is 284 Å². The second-order valence-corrected chi connectivity index (χ2v) is 18.5. The van der Waals surface area contributed by atoms with E-state index in [1.54, 1.807) is 0 Å². The lowest BCUT2D eigenvalue weighted by Gasteiger charge is -2.18. The van der Waals surface area contributed by atoms with Gasteiger partial charge in [-0.15, -0.1) is 0 Å². The molecule has 0 aromatic rings. The molecule has 0 aromatic heterocycles. The normalized spacial score (nSPS) is 12.5. The minimum absolute atomic E-state index is 0.0763. The van der Waals surface area contributed by atoms with Gasteiger partial charge in [0.15, 0.2) is 6.10 Å². The van der Waals surface area contributed by atoms with Gasteiger partial charge in [0.2, 0.25) is 0 Å². The molecule has 0 radical (unpaired) electrons. The Morgan fingerprint density at radius 1 is 0.323 bits per heavy atom. The SMILES string of the molecule is CC/C=C\C/C=C\C/C=C\C/C=C\C/C=C\CCCCCCCCCC(=O)OCC(COC(=O)CCCCCCC)OC(=O)CCCCCCCCCCCCCCCCCCCCC. The summed E-state index contributed by atoms with van der Waals surface area (Å²) in [4.78, 5) is 37.8. The molecule has 0 N–H and O–H groups in total. The second kappa shape index (κ2) is 53.7. The fourth-order valence-corrected chi connectivity index (χ4v) is 7.88. The van der Waals surface area contributed by atoms with Gasteiger partial charge in [-0.2, -0.15) is 0 Å². The summed E-state index contributed by atoms with van der Waals surface area (Å²) in [5.41, 5.74) is 0. The molecule has 0 amide bonds. The Morgan fingerprint density at radius 3 is 0.938 bits per heavy atom. The molecule has 6 heteroatoms. The van der Waals surface area contributed by atoms with Gasteiger partial charge in [0, 0.05) is 19.3 Å². The maximum atomic E-state index is 12.8. The second-order valence-electron chi connectivity index (χ2n) is 18.5.